The molecule has 0 radical (unpaired) electrons. The summed E-state index contributed by atoms with van der Waals surface area (Å²) in [6.45, 7) is 5.66. The first-order valence-corrected chi connectivity index (χ1v) is 13.2. The van der Waals surface area contributed by atoms with E-state index in [9.17, 15) is 13.2 Å². The molecule has 2 aliphatic rings. The van der Waals surface area contributed by atoms with Crippen LogP contribution in [0.2, 0.25) is 0 Å². The van der Waals surface area contributed by atoms with Crippen LogP contribution in [0, 0.1) is 5.92 Å². The molecule has 1 saturated carbocycles. The largest absolute Gasteiger partial charge is 0.490 e. The van der Waals surface area contributed by atoms with Crippen LogP contribution in [0.15, 0.2) is 23.1 Å². The lowest BCUT2D eigenvalue weighted by Gasteiger charge is -2.23. The van der Waals surface area contributed by atoms with Crippen LogP contribution in [0.5, 0.6) is 11.5 Å². The van der Waals surface area contributed by atoms with Gasteiger partial charge in [-0.3, -0.25) is 4.79 Å². The molecule has 1 aromatic rings. The van der Waals surface area contributed by atoms with Crippen LogP contribution in [0.1, 0.15) is 58.8 Å². The maximum atomic E-state index is 13.0. The molecule has 9 heteroatoms. The number of amides is 1. The molecule has 2 N–H and O–H groups in total. The zero-order valence-corrected chi connectivity index (χ0v) is 19.9. The number of benzene rings is 1. The van der Waals surface area contributed by atoms with Crippen molar-refractivity contribution in [3.8, 4) is 11.5 Å². The summed E-state index contributed by atoms with van der Waals surface area (Å²) in [5, 5.41) is 2.84. The SMILES string of the molecule is CC(C)C(NS(=O)(=O)c1ccc2c(c1)OCCCO2)C(=O)NCCCOC1CCCCC1. The minimum atomic E-state index is -3.92. The fraction of sp³-hybridized carbons (Fsp3) is 0.696. The van der Waals surface area contributed by atoms with Gasteiger partial charge in [0.1, 0.15) is 6.04 Å². The Bertz CT molecular complexity index is 852. The van der Waals surface area contributed by atoms with Gasteiger partial charge in [-0.25, -0.2) is 8.42 Å². The third-order valence-corrected chi connectivity index (χ3v) is 7.23. The van der Waals surface area contributed by atoms with E-state index < -0.39 is 16.1 Å². The number of sulfonamides is 1. The van der Waals surface area contributed by atoms with Crippen molar-refractivity contribution >= 4 is 15.9 Å². The van der Waals surface area contributed by atoms with E-state index in [0.717, 1.165) is 19.3 Å². The molecule has 1 amide bonds. The highest BCUT2D eigenvalue weighted by molar-refractivity contribution is 7.89. The van der Waals surface area contributed by atoms with Gasteiger partial charge in [-0.2, -0.15) is 4.72 Å². The third kappa shape index (κ3) is 7.08. The van der Waals surface area contributed by atoms with Gasteiger partial charge in [-0.05, 0) is 37.3 Å². The summed E-state index contributed by atoms with van der Waals surface area (Å²) >= 11 is 0. The maximum absolute atomic E-state index is 13.0. The van der Waals surface area contributed by atoms with E-state index in [4.69, 9.17) is 14.2 Å². The highest BCUT2D eigenvalue weighted by atomic mass is 32.2. The van der Waals surface area contributed by atoms with E-state index >= 15 is 0 Å². The fourth-order valence-electron chi connectivity index (χ4n) is 3.91. The van der Waals surface area contributed by atoms with Gasteiger partial charge in [0.25, 0.3) is 0 Å². The molecule has 32 heavy (non-hydrogen) atoms. The first kappa shape index (κ1) is 24.8. The van der Waals surface area contributed by atoms with E-state index in [1.54, 1.807) is 6.07 Å². The van der Waals surface area contributed by atoms with Crippen molar-refractivity contribution in [1.29, 1.82) is 0 Å². The molecule has 1 heterocycles. The van der Waals surface area contributed by atoms with Gasteiger partial charge in [0.2, 0.25) is 15.9 Å². The summed E-state index contributed by atoms with van der Waals surface area (Å²) in [6, 6.07) is 3.62. The van der Waals surface area contributed by atoms with Crippen LogP contribution in [0.3, 0.4) is 0 Å². The topological polar surface area (TPSA) is 103 Å². The normalized spacial score (nSPS) is 18.2. The van der Waals surface area contributed by atoms with Gasteiger partial charge in [0.05, 0.1) is 24.2 Å². The summed E-state index contributed by atoms with van der Waals surface area (Å²) in [5.41, 5.74) is 0. The average molecular weight is 469 g/mol. The van der Waals surface area contributed by atoms with Crippen molar-refractivity contribution in [3.05, 3.63) is 18.2 Å². The molecule has 0 spiro atoms. The first-order valence-electron chi connectivity index (χ1n) is 11.7. The highest BCUT2D eigenvalue weighted by Gasteiger charge is 2.29. The molecule has 0 saturated heterocycles. The van der Waals surface area contributed by atoms with E-state index in [2.05, 4.69) is 10.0 Å². The van der Waals surface area contributed by atoms with Crippen molar-refractivity contribution in [1.82, 2.24) is 10.0 Å². The lowest BCUT2D eigenvalue weighted by atomic mass is 9.98. The Labute approximate surface area is 191 Å². The number of hydrogen-bond acceptors (Lipinski definition) is 6. The summed E-state index contributed by atoms with van der Waals surface area (Å²) in [4.78, 5) is 12.8. The zero-order chi connectivity index (χ0) is 23.0. The highest BCUT2D eigenvalue weighted by Crippen LogP contribution is 2.32. The Balaban J connectivity index is 1.53. The van der Waals surface area contributed by atoms with Crippen molar-refractivity contribution in [2.24, 2.45) is 5.92 Å². The Morgan fingerprint density at radius 1 is 1.09 bits per heavy atom. The lowest BCUT2D eigenvalue weighted by Crippen LogP contribution is -2.49. The van der Waals surface area contributed by atoms with Gasteiger partial charge in [0.15, 0.2) is 11.5 Å². The second-order valence-electron chi connectivity index (χ2n) is 8.78. The number of fused-ring (bicyclic) bond motifs is 1. The van der Waals surface area contributed by atoms with Crippen LogP contribution in [-0.4, -0.2) is 52.8 Å². The van der Waals surface area contributed by atoms with Crippen LogP contribution in [-0.2, 0) is 19.6 Å². The molecule has 3 rings (SSSR count). The molecule has 1 fully saturated rings. The minimum Gasteiger partial charge on any atom is -0.490 e. The number of nitrogens with one attached hydrogen (secondary N) is 2. The van der Waals surface area contributed by atoms with Gasteiger partial charge < -0.3 is 19.5 Å². The number of ether oxygens (including phenoxy) is 3. The predicted molar refractivity (Wildman–Crippen MR) is 121 cm³/mol. The van der Waals surface area contributed by atoms with E-state index in [1.165, 1.54) is 31.4 Å². The molecule has 0 bridgehead atoms. The number of carbonyl (C=O) groups excluding carboxylic acids is 1. The van der Waals surface area contributed by atoms with Crippen LogP contribution < -0.4 is 19.5 Å². The molecule has 1 aliphatic carbocycles. The number of carbonyl (C=O) groups is 1. The second kappa shape index (κ2) is 11.9. The van der Waals surface area contributed by atoms with Gasteiger partial charge in [-0.15, -0.1) is 0 Å². The quantitative estimate of drug-likeness (QED) is 0.512. The molecule has 0 aromatic heterocycles. The summed E-state index contributed by atoms with van der Waals surface area (Å²) in [7, 11) is -3.92. The van der Waals surface area contributed by atoms with Crippen molar-refractivity contribution in [3.63, 3.8) is 0 Å². The number of rotatable bonds is 10. The van der Waals surface area contributed by atoms with Crippen LogP contribution >= 0.6 is 0 Å². The summed E-state index contributed by atoms with van der Waals surface area (Å²) in [5.74, 6) is 0.364. The van der Waals surface area contributed by atoms with Crippen molar-refractivity contribution < 1.29 is 27.4 Å². The van der Waals surface area contributed by atoms with Gasteiger partial charge >= 0.3 is 0 Å². The minimum absolute atomic E-state index is 0.0427. The average Bonchev–Trinajstić information content (AvgIpc) is 3.02. The molecular formula is C23H36N2O6S. The van der Waals surface area contributed by atoms with E-state index in [1.807, 2.05) is 13.8 Å². The summed E-state index contributed by atoms with van der Waals surface area (Å²) < 4.78 is 45.5. The predicted octanol–water partition coefficient (Wildman–Crippen LogP) is 3.01. The smallest absolute Gasteiger partial charge is 0.241 e. The Morgan fingerprint density at radius 2 is 1.81 bits per heavy atom. The van der Waals surface area contributed by atoms with E-state index in [0.29, 0.717) is 50.4 Å². The van der Waals surface area contributed by atoms with Crippen LogP contribution in [0.4, 0.5) is 0 Å². The molecule has 1 aliphatic heterocycles. The van der Waals surface area contributed by atoms with Gasteiger partial charge in [0, 0.05) is 25.6 Å². The van der Waals surface area contributed by atoms with E-state index in [-0.39, 0.29) is 16.7 Å². The molecule has 1 aromatic carbocycles. The third-order valence-electron chi connectivity index (χ3n) is 5.79. The Hall–Kier alpha value is -1.84. The molecule has 1 unspecified atom stereocenters. The monoisotopic (exact) mass is 468 g/mol. The zero-order valence-electron chi connectivity index (χ0n) is 19.1. The van der Waals surface area contributed by atoms with Crippen molar-refractivity contribution in [2.45, 2.75) is 75.8 Å². The molecule has 1 atom stereocenters. The summed E-state index contributed by atoms with van der Waals surface area (Å²) in [6.07, 6.45) is 7.73. The lowest BCUT2D eigenvalue weighted by molar-refractivity contribution is -0.123. The second-order valence-corrected chi connectivity index (χ2v) is 10.5. The first-order chi connectivity index (χ1) is 15.4. The Morgan fingerprint density at radius 3 is 2.53 bits per heavy atom. The maximum Gasteiger partial charge on any atom is 0.241 e. The number of hydrogen-bond donors (Lipinski definition) is 2. The molecule has 180 valence electrons. The molecule has 8 nitrogen and oxygen atoms in total. The standard InChI is InChI=1S/C23H36N2O6S/c1-17(2)22(23(26)24-12-6-13-29-18-8-4-3-5-9-18)25-32(27,28)19-10-11-20-21(16-19)31-15-7-14-30-20/h10-11,16-18,22,25H,3-9,12-15H2,1-2H3,(H,24,26). The Kier molecular flexibility index (Phi) is 9.19. The van der Waals surface area contributed by atoms with Crippen LogP contribution in [0.25, 0.3) is 0 Å². The molecular weight excluding hydrogens is 432 g/mol. The van der Waals surface area contributed by atoms with Crippen molar-refractivity contribution in [2.75, 3.05) is 26.4 Å². The van der Waals surface area contributed by atoms with Gasteiger partial charge in [-0.1, -0.05) is 33.1 Å². The fourth-order valence-corrected chi connectivity index (χ4v) is 5.27.